The molecule has 19 heavy (non-hydrogen) atoms. The lowest BCUT2D eigenvalue weighted by molar-refractivity contribution is 0.0293. The van der Waals surface area contributed by atoms with Gasteiger partial charge in [0.15, 0.2) is 0 Å². The van der Waals surface area contributed by atoms with Crippen LogP contribution in [0.2, 0.25) is 0 Å². The van der Waals surface area contributed by atoms with Crippen molar-refractivity contribution in [3.63, 3.8) is 0 Å². The normalized spacial score (nSPS) is 18.5. The maximum absolute atomic E-state index is 5.99. The van der Waals surface area contributed by atoms with E-state index in [9.17, 15) is 0 Å². The smallest absolute Gasteiger partial charge is 0.119 e. The molecule has 0 saturated carbocycles. The zero-order valence-electron chi connectivity index (χ0n) is 11.8. The fourth-order valence-corrected chi connectivity index (χ4v) is 2.73. The number of ether oxygens (including phenoxy) is 2. The standard InChI is InChI=1S/C15H24N2O2/c1-17(13-6-8-19-9-7-13)15(11-16)12-4-3-5-14(10-12)18-2/h3-5,10,13,15H,6-9,11,16H2,1-2H3. The summed E-state index contributed by atoms with van der Waals surface area (Å²) in [5, 5.41) is 0. The molecule has 0 spiro atoms. The maximum Gasteiger partial charge on any atom is 0.119 e. The van der Waals surface area contributed by atoms with Crippen molar-refractivity contribution in [2.75, 3.05) is 33.9 Å². The van der Waals surface area contributed by atoms with Gasteiger partial charge in [-0.05, 0) is 37.6 Å². The third-order valence-electron chi connectivity index (χ3n) is 3.96. The van der Waals surface area contributed by atoms with Gasteiger partial charge in [0.1, 0.15) is 5.75 Å². The molecule has 2 N–H and O–H groups in total. The Hall–Kier alpha value is -1.10. The number of likely N-dealkylation sites (N-methyl/N-ethyl adjacent to an activating group) is 1. The summed E-state index contributed by atoms with van der Waals surface area (Å²) < 4.78 is 10.7. The average Bonchev–Trinajstić information content (AvgIpc) is 2.49. The Balaban J connectivity index is 2.13. The molecule has 0 bridgehead atoms. The molecule has 1 saturated heterocycles. The molecule has 0 amide bonds. The number of methoxy groups -OCH3 is 1. The van der Waals surface area contributed by atoms with Crippen LogP contribution in [0.3, 0.4) is 0 Å². The quantitative estimate of drug-likeness (QED) is 0.881. The highest BCUT2D eigenvalue weighted by molar-refractivity contribution is 5.30. The fraction of sp³-hybridized carbons (Fsp3) is 0.600. The van der Waals surface area contributed by atoms with Crippen molar-refractivity contribution < 1.29 is 9.47 Å². The van der Waals surface area contributed by atoms with E-state index in [1.165, 1.54) is 5.56 Å². The third kappa shape index (κ3) is 3.47. The van der Waals surface area contributed by atoms with Crippen molar-refractivity contribution in [2.45, 2.75) is 24.9 Å². The van der Waals surface area contributed by atoms with E-state index < -0.39 is 0 Å². The Morgan fingerprint density at radius 2 is 2.16 bits per heavy atom. The summed E-state index contributed by atoms with van der Waals surface area (Å²) in [5.74, 6) is 0.885. The van der Waals surface area contributed by atoms with Gasteiger partial charge in [-0.2, -0.15) is 0 Å². The number of hydrogen-bond acceptors (Lipinski definition) is 4. The van der Waals surface area contributed by atoms with Crippen LogP contribution in [-0.4, -0.2) is 44.9 Å². The fourth-order valence-electron chi connectivity index (χ4n) is 2.73. The molecule has 1 aliphatic heterocycles. The van der Waals surface area contributed by atoms with Crippen LogP contribution in [0.4, 0.5) is 0 Å². The molecule has 1 heterocycles. The molecule has 1 atom stereocenters. The van der Waals surface area contributed by atoms with Crippen molar-refractivity contribution in [2.24, 2.45) is 5.73 Å². The minimum absolute atomic E-state index is 0.234. The Morgan fingerprint density at radius 1 is 1.42 bits per heavy atom. The molecule has 4 heteroatoms. The van der Waals surface area contributed by atoms with Crippen LogP contribution in [0.15, 0.2) is 24.3 Å². The number of hydrogen-bond donors (Lipinski definition) is 1. The van der Waals surface area contributed by atoms with Gasteiger partial charge in [0.05, 0.1) is 7.11 Å². The molecule has 0 aromatic heterocycles. The molecule has 1 unspecified atom stereocenters. The van der Waals surface area contributed by atoms with Gasteiger partial charge in [-0.1, -0.05) is 12.1 Å². The molecular formula is C15H24N2O2. The van der Waals surface area contributed by atoms with Gasteiger partial charge in [-0.25, -0.2) is 0 Å². The minimum atomic E-state index is 0.234. The van der Waals surface area contributed by atoms with Gasteiger partial charge in [-0.15, -0.1) is 0 Å². The molecule has 1 aliphatic rings. The number of rotatable bonds is 5. The van der Waals surface area contributed by atoms with E-state index in [1.54, 1.807) is 7.11 Å². The van der Waals surface area contributed by atoms with E-state index in [0.29, 0.717) is 12.6 Å². The van der Waals surface area contributed by atoms with Gasteiger partial charge in [0.25, 0.3) is 0 Å². The van der Waals surface area contributed by atoms with Crippen LogP contribution >= 0.6 is 0 Å². The van der Waals surface area contributed by atoms with E-state index in [2.05, 4.69) is 24.1 Å². The minimum Gasteiger partial charge on any atom is -0.497 e. The first-order valence-corrected chi connectivity index (χ1v) is 6.90. The Kier molecular flexibility index (Phi) is 5.19. The van der Waals surface area contributed by atoms with Crippen LogP contribution in [-0.2, 0) is 4.74 Å². The predicted octanol–water partition coefficient (Wildman–Crippen LogP) is 1.81. The topological polar surface area (TPSA) is 47.7 Å². The van der Waals surface area contributed by atoms with E-state index in [1.807, 2.05) is 12.1 Å². The number of nitrogens with two attached hydrogens (primary N) is 1. The Labute approximate surface area is 115 Å². The highest BCUT2D eigenvalue weighted by Gasteiger charge is 2.25. The van der Waals surface area contributed by atoms with Crippen LogP contribution in [0.1, 0.15) is 24.4 Å². The van der Waals surface area contributed by atoms with Gasteiger partial charge < -0.3 is 15.2 Å². The number of benzene rings is 1. The van der Waals surface area contributed by atoms with Crippen molar-refractivity contribution in [3.8, 4) is 5.75 Å². The first kappa shape index (κ1) is 14.3. The lowest BCUT2D eigenvalue weighted by atomic mass is 10.0. The molecular weight excluding hydrogens is 240 g/mol. The average molecular weight is 264 g/mol. The summed E-state index contributed by atoms with van der Waals surface area (Å²) >= 11 is 0. The van der Waals surface area contributed by atoms with E-state index in [-0.39, 0.29) is 6.04 Å². The van der Waals surface area contributed by atoms with Crippen molar-refractivity contribution >= 4 is 0 Å². The maximum atomic E-state index is 5.99. The third-order valence-corrected chi connectivity index (χ3v) is 3.96. The summed E-state index contributed by atoms with van der Waals surface area (Å²) in [5.41, 5.74) is 7.21. The molecule has 106 valence electrons. The second-order valence-corrected chi connectivity index (χ2v) is 5.04. The largest absolute Gasteiger partial charge is 0.497 e. The van der Waals surface area contributed by atoms with Crippen LogP contribution in [0.5, 0.6) is 5.75 Å². The molecule has 1 fully saturated rings. The second-order valence-electron chi connectivity index (χ2n) is 5.04. The van der Waals surface area contributed by atoms with E-state index in [4.69, 9.17) is 15.2 Å². The van der Waals surface area contributed by atoms with Gasteiger partial charge in [-0.3, -0.25) is 4.90 Å². The monoisotopic (exact) mass is 264 g/mol. The lowest BCUT2D eigenvalue weighted by Crippen LogP contribution is -2.41. The summed E-state index contributed by atoms with van der Waals surface area (Å²) in [6.45, 7) is 2.32. The van der Waals surface area contributed by atoms with Crippen molar-refractivity contribution in [1.29, 1.82) is 0 Å². The molecule has 1 aromatic carbocycles. The van der Waals surface area contributed by atoms with E-state index in [0.717, 1.165) is 31.8 Å². The highest BCUT2D eigenvalue weighted by atomic mass is 16.5. The zero-order chi connectivity index (χ0) is 13.7. The van der Waals surface area contributed by atoms with Crippen LogP contribution in [0.25, 0.3) is 0 Å². The van der Waals surface area contributed by atoms with Gasteiger partial charge in [0.2, 0.25) is 0 Å². The van der Waals surface area contributed by atoms with Crippen molar-refractivity contribution in [1.82, 2.24) is 4.90 Å². The van der Waals surface area contributed by atoms with Crippen LogP contribution in [0, 0.1) is 0 Å². The van der Waals surface area contributed by atoms with Gasteiger partial charge in [0, 0.05) is 31.8 Å². The molecule has 1 aromatic rings. The van der Waals surface area contributed by atoms with E-state index >= 15 is 0 Å². The number of nitrogens with zero attached hydrogens (tertiary/aromatic N) is 1. The predicted molar refractivity (Wildman–Crippen MR) is 76.4 cm³/mol. The Morgan fingerprint density at radius 3 is 2.79 bits per heavy atom. The lowest BCUT2D eigenvalue weighted by Gasteiger charge is -2.37. The molecule has 0 radical (unpaired) electrons. The zero-order valence-corrected chi connectivity index (χ0v) is 11.8. The Bertz CT molecular complexity index is 391. The molecule has 2 rings (SSSR count). The molecule has 4 nitrogen and oxygen atoms in total. The first-order valence-electron chi connectivity index (χ1n) is 6.90. The van der Waals surface area contributed by atoms with Crippen LogP contribution < -0.4 is 10.5 Å². The summed E-state index contributed by atoms with van der Waals surface area (Å²) in [4.78, 5) is 2.39. The van der Waals surface area contributed by atoms with Gasteiger partial charge >= 0.3 is 0 Å². The molecule has 0 aliphatic carbocycles. The summed E-state index contributed by atoms with van der Waals surface area (Å²) in [6, 6.07) is 8.97. The first-order chi connectivity index (χ1) is 9.26. The summed E-state index contributed by atoms with van der Waals surface area (Å²) in [7, 11) is 3.85. The SMILES string of the molecule is COc1cccc(C(CN)N(C)C2CCOCC2)c1. The second kappa shape index (κ2) is 6.89. The summed E-state index contributed by atoms with van der Waals surface area (Å²) in [6.07, 6.45) is 2.16. The highest BCUT2D eigenvalue weighted by Crippen LogP contribution is 2.26. The van der Waals surface area contributed by atoms with Crippen molar-refractivity contribution in [3.05, 3.63) is 29.8 Å².